The number of aromatic carboxylic acids is 1. The number of nitrogens with one attached hydrogen (secondary N) is 3. The van der Waals surface area contributed by atoms with E-state index in [1.54, 1.807) is 85.8 Å². The van der Waals surface area contributed by atoms with Crippen LogP contribution in [0.1, 0.15) is 33.2 Å². The van der Waals surface area contributed by atoms with Crippen LogP contribution in [0.3, 0.4) is 0 Å². The van der Waals surface area contributed by atoms with Crippen molar-refractivity contribution in [1.29, 1.82) is 0 Å². The molecule has 0 aromatic heterocycles. The molecule has 218 valence electrons. The van der Waals surface area contributed by atoms with E-state index in [0.717, 1.165) is 0 Å². The van der Waals surface area contributed by atoms with E-state index < -0.39 is 23.0 Å². The van der Waals surface area contributed by atoms with E-state index in [4.69, 9.17) is 23.2 Å². The molecule has 0 aliphatic rings. The summed E-state index contributed by atoms with van der Waals surface area (Å²) in [7, 11) is 0. The van der Waals surface area contributed by atoms with Crippen LogP contribution in [0.25, 0.3) is 6.08 Å². The minimum absolute atomic E-state index is 0.00520. The van der Waals surface area contributed by atoms with Crippen LogP contribution < -0.4 is 16.0 Å². The molecule has 1 unspecified atom stereocenters. The summed E-state index contributed by atoms with van der Waals surface area (Å²) in [5.41, 5.74) is 1.63. The molecular weight excluding hydrogens is 609 g/mol. The number of anilines is 2. The summed E-state index contributed by atoms with van der Waals surface area (Å²) in [6.07, 6.45) is 1.53. The number of halogens is 2. The number of hydrogen-bond acceptors (Lipinski definition) is 5. The molecule has 0 radical (unpaired) electrons. The largest absolute Gasteiger partial charge is 0.478 e. The maximum absolute atomic E-state index is 13.4. The first-order valence-corrected chi connectivity index (χ1v) is 14.5. The summed E-state index contributed by atoms with van der Waals surface area (Å²) in [6, 6.07) is 26.5. The first-order chi connectivity index (χ1) is 20.6. The fourth-order valence-corrected chi connectivity index (χ4v) is 5.14. The van der Waals surface area contributed by atoms with Crippen LogP contribution in [-0.4, -0.2) is 34.0 Å². The quantitative estimate of drug-likeness (QED) is 0.108. The van der Waals surface area contributed by atoms with E-state index in [1.807, 2.05) is 0 Å². The van der Waals surface area contributed by atoms with Crippen molar-refractivity contribution in [2.75, 3.05) is 10.6 Å². The number of thioether (sulfide) groups is 1. The molecule has 8 nitrogen and oxygen atoms in total. The predicted octanol–water partition coefficient (Wildman–Crippen LogP) is 7.22. The predicted molar refractivity (Wildman–Crippen MR) is 171 cm³/mol. The smallest absolute Gasteiger partial charge is 0.337 e. The van der Waals surface area contributed by atoms with Gasteiger partial charge in [-0.05, 0) is 79.2 Å². The normalized spacial score (nSPS) is 11.7. The topological polar surface area (TPSA) is 125 Å². The number of carbonyl (C=O) groups is 4. The van der Waals surface area contributed by atoms with Gasteiger partial charge in [0, 0.05) is 26.9 Å². The first-order valence-electron chi connectivity index (χ1n) is 12.8. The molecule has 4 rings (SSSR count). The summed E-state index contributed by atoms with van der Waals surface area (Å²) < 4.78 is 0. The lowest BCUT2D eigenvalue weighted by Gasteiger charge is -2.14. The standard InChI is InChI=1S/C32H25Cl2N3O5S/c1-19(29(38)35-24-13-14-27(34)26(18-24)32(41)42)43-25-12-6-11-23(17-25)36-31(40)28(16-20-7-5-10-22(33)15-20)37-30(39)21-8-3-2-4-9-21/h2-19H,1H3,(H,35,38)(H,36,40)(H,37,39)(H,41,42)/b28-16-. The van der Waals surface area contributed by atoms with E-state index >= 15 is 0 Å². The SMILES string of the molecule is CC(Sc1cccc(NC(=O)/C(=C/c2cccc(Cl)c2)NC(=O)c2ccccc2)c1)C(=O)Nc1ccc(Cl)c(C(=O)O)c1. The third kappa shape index (κ3) is 8.96. The zero-order chi connectivity index (χ0) is 30.9. The van der Waals surface area contributed by atoms with Crippen LogP contribution in [0, 0.1) is 0 Å². The Labute approximate surface area is 262 Å². The second-order valence-electron chi connectivity index (χ2n) is 9.16. The minimum Gasteiger partial charge on any atom is -0.478 e. The van der Waals surface area contributed by atoms with Gasteiger partial charge in [0.15, 0.2) is 0 Å². The van der Waals surface area contributed by atoms with Crippen molar-refractivity contribution >= 4 is 76.1 Å². The van der Waals surface area contributed by atoms with E-state index in [0.29, 0.717) is 32.4 Å². The molecule has 0 saturated heterocycles. The molecule has 4 aromatic rings. The maximum Gasteiger partial charge on any atom is 0.337 e. The maximum atomic E-state index is 13.4. The van der Waals surface area contributed by atoms with E-state index in [1.165, 1.54) is 36.0 Å². The van der Waals surface area contributed by atoms with E-state index in [2.05, 4.69) is 16.0 Å². The number of carboxylic acid groups (broad SMARTS) is 1. The van der Waals surface area contributed by atoms with Crippen LogP contribution in [0.5, 0.6) is 0 Å². The fourth-order valence-electron chi connectivity index (χ4n) is 3.82. The number of benzene rings is 4. The van der Waals surface area contributed by atoms with Gasteiger partial charge in [0.1, 0.15) is 5.70 Å². The number of amides is 3. The molecule has 0 heterocycles. The van der Waals surface area contributed by atoms with Crippen molar-refractivity contribution in [3.8, 4) is 0 Å². The Kier molecular flexibility index (Phi) is 10.6. The summed E-state index contributed by atoms with van der Waals surface area (Å²) >= 11 is 13.3. The zero-order valence-corrected chi connectivity index (χ0v) is 25.0. The molecule has 11 heteroatoms. The second kappa shape index (κ2) is 14.6. The van der Waals surface area contributed by atoms with E-state index in [-0.39, 0.29) is 22.2 Å². The highest BCUT2D eigenvalue weighted by molar-refractivity contribution is 8.00. The third-order valence-corrected chi connectivity index (χ3v) is 7.59. The Bertz CT molecular complexity index is 1710. The van der Waals surface area contributed by atoms with Crippen molar-refractivity contribution in [1.82, 2.24) is 5.32 Å². The van der Waals surface area contributed by atoms with Crippen LogP contribution in [0.2, 0.25) is 10.0 Å². The van der Waals surface area contributed by atoms with Gasteiger partial charge in [-0.3, -0.25) is 14.4 Å². The molecule has 0 saturated carbocycles. The van der Waals surface area contributed by atoms with Gasteiger partial charge >= 0.3 is 5.97 Å². The number of rotatable bonds is 10. The van der Waals surface area contributed by atoms with Gasteiger partial charge in [0.2, 0.25) is 5.91 Å². The lowest BCUT2D eigenvalue weighted by atomic mass is 10.1. The fraction of sp³-hybridized carbons (Fsp3) is 0.0625. The summed E-state index contributed by atoms with van der Waals surface area (Å²) in [5, 5.41) is 17.4. The Morgan fingerprint density at radius 2 is 1.53 bits per heavy atom. The van der Waals surface area contributed by atoms with Crippen molar-refractivity contribution in [3.05, 3.63) is 129 Å². The Morgan fingerprint density at radius 3 is 2.26 bits per heavy atom. The Balaban J connectivity index is 1.47. The molecule has 0 spiro atoms. The van der Waals surface area contributed by atoms with Gasteiger partial charge in [-0.2, -0.15) is 0 Å². The minimum atomic E-state index is -1.20. The Hall–Kier alpha value is -4.57. The summed E-state index contributed by atoms with van der Waals surface area (Å²) in [5.74, 6) is -2.57. The average Bonchev–Trinajstić information content (AvgIpc) is 2.98. The van der Waals surface area contributed by atoms with Crippen molar-refractivity contribution < 1.29 is 24.3 Å². The number of hydrogen-bond donors (Lipinski definition) is 4. The molecule has 4 aromatic carbocycles. The molecule has 0 fully saturated rings. The van der Waals surface area contributed by atoms with Crippen LogP contribution >= 0.6 is 35.0 Å². The van der Waals surface area contributed by atoms with E-state index in [9.17, 15) is 24.3 Å². The highest BCUT2D eigenvalue weighted by atomic mass is 35.5. The Morgan fingerprint density at radius 1 is 0.814 bits per heavy atom. The number of carboxylic acids is 1. The molecule has 1 atom stereocenters. The van der Waals surface area contributed by atoms with Crippen LogP contribution in [-0.2, 0) is 9.59 Å². The lowest BCUT2D eigenvalue weighted by Crippen LogP contribution is -2.30. The van der Waals surface area contributed by atoms with Gasteiger partial charge < -0.3 is 21.1 Å². The first kappa shape index (κ1) is 31.4. The molecule has 0 aliphatic carbocycles. The third-order valence-electron chi connectivity index (χ3n) is 5.93. The molecule has 0 aliphatic heterocycles. The molecule has 43 heavy (non-hydrogen) atoms. The molecule has 4 N–H and O–H groups in total. The van der Waals surface area contributed by atoms with Gasteiger partial charge in [-0.15, -0.1) is 11.8 Å². The highest BCUT2D eigenvalue weighted by Crippen LogP contribution is 2.28. The van der Waals surface area contributed by atoms with Gasteiger partial charge in [-0.1, -0.05) is 59.6 Å². The van der Waals surface area contributed by atoms with Crippen molar-refractivity contribution in [2.45, 2.75) is 17.1 Å². The van der Waals surface area contributed by atoms with Gasteiger partial charge in [0.25, 0.3) is 11.8 Å². The zero-order valence-electron chi connectivity index (χ0n) is 22.6. The van der Waals surface area contributed by atoms with Crippen molar-refractivity contribution in [2.24, 2.45) is 0 Å². The molecule has 3 amide bonds. The lowest BCUT2D eigenvalue weighted by molar-refractivity contribution is -0.115. The average molecular weight is 635 g/mol. The van der Waals surface area contributed by atoms with Crippen LogP contribution in [0.15, 0.2) is 108 Å². The van der Waals surface area contributed by atoms with Gasteiger partial charge in [0.05, 0.1) is 15.8 Å². The van der Waals surface area contributed by atoms with Crippen molar-refractivity contribution in [3.63, 3.8) is 0 Å². The monoisotopic (exact) mass is 633 g/mol. The molecular formula is C32H25Cl2N3O5S. The van der Waals surface area contributed by atoms with Crippen LogP contribution in [0.4, 0.5) is 11.4 Å². The summed E-state index contributed by atoms with van der Waals surface area (Å²) in [4.78, 5) is 51.1. The number of carbonyl (C=O) groups excluding carboxylic acids is 3. The second-order valence-corrected chi connectivity index (χ2v) is 11.4. The van der Waals surface area contributed by atoms with Gasteiger partial charge in [-0.25, -0.2) is 4.79 Å². The summed E-state index contributed by atoms with van der Waals surface area (Å²) in [6.45, 7) is 1.70. The molecule has 0 bridgehead atoms. The highest BCUT2D eigenvalue weighted by Gasteiger charge is 2.18.